The van der Waals surface area contributed by atoms with Crippen LogP contribution in [0.4, 0.5) is 0 Å². The number of carboxylic acids is 1. The first-order valence-corrected chi connectivity index (χ1v) is 7.16. The van der Waals surface area contributed by atoms with Gasteiger partial charge in [-0.1, -0.05) is 0 Å². The molecule has 0 spiro atoms. The Bertz CT molecular complexity index is 547. The lowest BCUT2D eigenvalue weighted by Gasteiger charge is -2.03. The molecule has 1 aliphatic rings. The van der Waals surface area contributed by atoms with E-state index in [2.05, 4.69) is 5.10 Å². The molecule has 0 bridgehead atoms. The highest BCUT2D eigenvalue weighted by Crippen LogP contribution is 2.22. The minimum Gasteiger partial charge on any atom is -0.477 e. The van der Waals surface area contributed by atoms with Crippen LogP contribution in [0.3, 0.4) is 0 Å². The third-order valence-electron chi connectivity index (χ3n) is 2.97. The highest BCUT2D eigenvalue weighted by molar-refractivity contribution is 7.91. The van der Waals surface area contributed by atoms with Gasteiger partial charge in [-0.3, -0.25) is 4.68 Å². The predicted octanol–water partition coefficient (Wildman–Crippen LogP) is 0.0955. The fraction of sp³-hybridized carbons (Fsp3) is 0.600. The van der Waals surface area contributed by atoms with Crippen molar-refractivity contribution in [3.63, 3.8) is 0 Å². The van der Waals surface area contributed by atoms with Crippen LogP contribution >= 0.6 is 0 Å². The molecule has 0 aromatic carbocycles. The topological polar surface area (TPSA) is 89.3 Å². The number of hydrogen-bond acceptors (Lipinski definition) is 4. The zero-order chi connectivity index (χ0) is 12.6. The van der Waals surface area contributed by atoms with Gasteiger partial charge in [-0.2, -0.15) is 5.10 Å². The van der Waals surface area contributed by atoms with Crippen LogP contribution in [0.1, 0.15) is 22.6 Å². The second kappa shape index (κ2) is 4.14. The maximum absolute atomic E-state index is 11.3. The number of hydrogen-bond donors (Lipinski definition) is 1. The van der Waals surface area contributed by atoms with Gasteiger partial charge < -0.3 is 5.11 Å². The van der Waals surface area contributed by atoms with Gasteiger partial charge in [0.2, 0.25) is 0 Å². The Morgan fingerprint density at radius 1 is 1.65 bits per heavy atom. The third-order valence-corrected chi connectivity index (χ3v) is 4.81. The SMILES string of the molecule is Cn1nc(CC2CCS(=O)(=O)C2)cc1C(=O)O. The number of nitrogens with zero attached hydrogens (tertiary/aromatic N) is 2. The van der Waals surface area contributed by atoms with E-state index in [1.807, 2.05) is 0 Å². The van der Waals surface area contributed by atoms with E-state index in [-0.39, 0.29) is 23.1 Å². The maximum Gasteiger partial charge on any atom is 0.354 e. The van der Waals surface area contributed by atoms with Gasteiger partial charge >= 0.3 is 5.97 Å². The molecule has 1 aromatic heterocycles. The summed E-state index contributed by atoms with van der Waals surface area (Å²) < 4.78 is 23.9. The van der Waals surface area contributed by atoms with E-state index in [0.717, 1.165) is 0 Å². The molecule has 2 rings (SSSR count). The van der Waals surface area contributed by atoms with Crippen molar-refractivity contribution in [1.29, 1.82) is 0 Å². The average molecular weight is 258 g/mol. The summed E-state index contributed by atoms with van der Waals surface area (Å²) in [6.45, 7) is 0. The predicted molar refractivity (Wildman–Crippen MR) is 60.6 cm³/mol. The molecule has 0 amide bonds. The summed E-state index contributed by atoms with van der Waals surface area (Å²) >= 11 is 0. The van der Waals surface area contributed by atoms with Crippen LogP contribution in [0.15, 0.2) is 6.07 Å². The molecule has 17 heavy (non-hydrogen) atoms. The summed E-state index contributed by atoms with van der Waals surface area (Å²) in [6, 6.07) is 1.51. The van der Waals surface area contributed by atoms with Crippen molar-refractivity contribution in [3.8, 4) is 0 Å². The molecule has 7 heteroatoms. The van der Waals surface area contributed by atoms with E-state index < -0.39 is 15.8 Å². The van der Waals surface area contributed by atoms with Gasteiger partial charge in [0.15, 0.2) is 9.84 Å². The minimum absolute atomic E-state index is 0.0662. The molecule has 0 aliphatic carbocycles. The van der Waals surface area contributed by atoms with E-state index in [9.17, 15) is 13.2 Å². The van der Waals surface area contributed by atoms with Gasteiger partial charge in [-0.25, -0.2) is 13.2 Å². The van der Waals surface area contributed by atoms with Crippen LogP contribution in [0.25, 0.3) is 0 Å². The molecule has 1 N–H and O–H groups in total. The summed E-state index contributed by atoms with van der Waals surface area (Å²) in [6.07, 6.45) is 1.17. The summed E-state index contributed by atoms with van der Waals surface area (Å²) in [7, 11) is -1.32. The van der Waals surface area contributed by atoms with E-state index in [0.29, 0.717) is 18.5 Å². The Labute approximate surface area is 99.2 Å². The van der Waals surface area contributed by atoms with Crippen molar-refractivity contribution in [3.05, 3.63) is 17.5 Å². The first-order chi connectivity index (χ1) is 7.87. The molecule has 2 heterocycles. The first kappa shape index (κ1) is 12.1. The average Bonchev–Trinajstić information content (AvgIpc) is 2.70. The van der Waals surface area contributed by atoms with Crippen LogP contribution in [-0.2, 0) is 23.3 Å². The Morgan fingerprint density at radius 2 is 2.35 bits per heavy atom. The molecule has 94 valence electrons. The lowest BCUT2D eigenvalue weighted by molar-refractivity contribution is 0.0685. The van der Waals surface area contributed by atoms with Crippen molar-refractivity contribution in [1.82, 2.24) is 9.78 Å². The molecule has 1 aliphatic heterocycles. The van der Waals surface area contributed by atoms with Crippen molar-refractivity contribution in [2.75, 3.05) is 11.5 Å². The summed E-state index contributed by atoms with van der Waals surface area (Å²) in [5.41, 5.74) is 0.771. The van der Waals surface area contributed by atoms with Gasteiger partial charge in [0.1, 0.15) is 5.69 Å². The number of aromatic nitrogens is 2. The third kappa shape index (κ3) is 2.66. The molecule has 0 saturated carbocycles. The smallest absolute Gasteiger partial charge is 0.354 e. The van der Waals surface area contributed by atoms with Crippen LogP contribution in [0.2, 0.25) is 0 Å². The van der Waals surface area contributed by atoms with Crippen molar-refractivity contribution in [2.45, 2.75) is 12.8 Å². The molecular weight excluding hydrogens is 244 g/mol. The Hall–Kier alpha value is -1.37. The minimum atomic E-state index is -2.89. The molecule has 6 nitrogen and oxygen atoms in total. The van der Waals surface area contributed by atoms with Crippen molar-refractivity contribution < 1.29 is 18.3 Å². The van der Waals surface area contributed by atoms with Gasteiger partial charge in [0.25, 0.3) is 0 Å². The van der Waals surface area contributed by atoms with Gasteiger partial charge in [0.05, 0.1) is 17.2 Å². The molecular formula is C10H14N2O4S. The van der Waals surface area contributed by atoms with E-state index in [1.165, 1.54) is 10.7 Å². The zero-order valence-electron chi connectivity index (χ0n) is 9.46. The lowest BCUT2D eigenvalue weighted by Crippen LogP contribution is -2.08. The zero-order valence-corrected chi connectivity index (χ0v) is 10.3. The van der Waals surface area contributed by atoms with Crippen LogP contribution in [0.5, 0.6) is 0 Å². The normalized spacial score (nSPS) is 22.8. The molecule has 1 aromatic rings. The second-order valence-corrected chi connectivity index (χ2v) is 6.65. The van der Waals surface area contributed by atoms with Crippen LogP contribution in [-0.4, -0.2) is 40.8 Å². The number of carbonyl (C=O) groups is 1. The van der Waals surface area contributed by atoms with Gasteiger partial charge in [-0.15, -0.1) is 0 Å². The molecule has 0 radical (unpaired) electrons. The van der Waals surface area contributed by atoms with Gasteiger partial charge in [-0.05, 0) is 24.8 Å². The van der Waals surface area contributed by atoms with Crippen molar-refractivity contribution >= 4 is 15.8 Å². The molecule has 1 unspecified atom stereocenters. The molecule has 1 atom stereocenters. The molecule has 1 fully saturated rings. The highest BCUT2D eigenvalue weighted by Gasteiger charge is 2.28. The number of carboxylic acid groups (broad SMARTS) is 1. The molecule has 1 saturated heterocycles. The lowest BCUT2D eigenvalue weighted by atomic mass is 10.0. The van der Waals surface area contributed by atoms with Crippen LogP contribution in [0, 0.1) is 5.92 Å². The van der Waals surface area contributed by atoms with Gasteiger partial charge in [0, 0.05) is 7.05 Å². The number of sulfone groups is 1. The maximum atomic E-state index is 11.3. The summed E-state index contributed by atoms with van der Waals surface area (Å²) in [4.78, 5) is 10.8. The van der Waals surface area contributed by atoms with Crippen molar-refractivity contribution in [2.24, 2.45) is 13.0 Å². The van der Waals surface area contributed by atoms with Crippen LogP contribution < -0.4 is 0 Å². The second-order valence-electron chi connectivity index (χ2n) is 4.42. The Balaban J connectivity index is 2.10. The number of aromatic carboxylic acids is 1. The van der Waals surface area contributed by atoms with E-state index in [4.69, 9.17) is 5.11 Å². The number of rotatable bonds is 3. The fourth-order valence-electron chi connectivity index (χ4n) is 2.16. The highest BCUT2D eigenvalue weighted by atomic mass is 32.2. The quantitative estimate of drug-likeness (QED) is 0.830. The Kier molecular flexibility index (Phi) is 2.94. The Morgan fingerprint density at radius 3 is 2.82 bits per heavy atom. The summed E-state index contributed by atoms with van der Waals surface area (Å²) in [5.74, 6) is -0.538. The number of aryl methyl sites for hydroxylation is 1. The summed E-state index contributed by atoms with van der Waals surface area (Å²) in [5, 5.41) is 13.0. The monoisotopic (exact) mass is 258 g/mol. The first-order valence-electron chi connectivity index (χ1n) is 5.34. The van der Waals surface area contributed by atoms with E-state index >= 15 is 0 Å². The largest absolute Gasteiger partial charge is 0.477 e. The standard InChI is InChI=1S/C10H14N2O4S/c1-12-9(10(13)14)5-8(11-12)4-7-2-3-17(15,16)6-7/h5,7H,2-4,6H2,1H3,(H,13,14). The fourth-order valence-corrected chi connectivity index (χ4v) is 4.02. The van der Waals surface area contributed by atoms with E-state index in [1.54, 1.807) is 7.05 Å².